The first kappa shape index (κ1) is 14.5. The van der Waals surface area contributed by atoms with Gasteiger partial charge in [-0.3, -0.25) is 4.79 Å². The normalized spacial score (nSPS) is 29.1. The first-order chi connectivity index (χ1) is 9.95. The van der Waals surface area contributed by atoms with E-state index in [1.807, 2.05) is 6.92 Å². The summed E-state index contributed by atoms with van der Waals surface area (Å²) in [4.78, 5) is 12.2. The molecule has 1 heterocycles. The summed E-state index contributed by atoms with van der Waals surface area (Å²) in [5.41, 5.74) is 0.366. The van der Waals surface area contributed by atoms with E-state index in [0.29, 0.717) is 22.2 Å². The molecule has 0 spiro atoms. The fourth-order valence-electron chi connectivity index (χ4n) is 4.09. The Balaban J connectivity index is 1.64. The summed E-state index contributed by atoms with van der Waals surface area (Å²) >= 11 is 0. The molecule has 1 aromatic heterocycles. The SMILES string of the molecule is Cc1cc(C(=O)N[C@H](C)[C@H]2C[C@@H]3CC[C@@H]2C3)nn1C(F)F. The first-order valence-electron chi connectivity index (χ1n) is 7.61. The molecular formula is C15H21F2N3O. The number of carbonyl (C=O) groups is 1. The van der Waals surface area contributed by atoms with Crippen LogP contribution < -0.4 is 5.32 Å². The van der Waals surface area contributed by atoms with Crippen LogP contribution in [0.15, 0.2) is 6.07 Å². The third kappa shape index (κ3) is 2.68. The number of hydrogen-bond acceptors (Lipinski definition) is 2. The highest BCUT2D eigenvalue weighted by molar-refractivity contribution is 5.92. The average Bonchev–Trinajstić information content (AvgIpc) is 3.12. The summed E-state index contributed by atoms with van der Waals surface area (Å²) in [6, 6.07) is 1.49. The largest absolute Gasteiger partial charge is 0.348 e. The second-order valence-corrected chi connectivity index (χ2v) is 6.49. The molecule has 0 radical (unpaired) electrons. The molecule has 2 aliphatic rings. The van der Waals surface area contributed by atoms with E-state index in [0.717, 1.165) is 5.92 Å². The summed E-state index contributed by atoms with van der Waals surface area (Å²) in [6.07, 6.45) is 5.04. The van der Waals surface area contributed by atoms with Gasteiger partial charge < -0.3 is 5.32 Å². The topological polar surface area (TPSA) is 46.9 Å². The van der Waals surface area contributed by atoms with Gasteiger partial charge in [-0.25, -0.2) is 4.68 Å². The van der Waals surface area contributed by atoms with E-state index in [1.165, 1.54) is 38.7 Å². The van der Waals surface area contributed by atoms with Crippen molar-refractivity contribution in [2.75, 3.05) is 0 Å². The number of alkyl halides is 2. The van der Waals surface area contributed by atoms with Crippen molar-refractivity contribution in [3.8, 4) is 0 Å². The van der Waals surface area contributed by atoms with Crippen molar-refractivity contribution in [2.24, 2.45) is 17.8 Å². The van der Waals surface area contributed by atoms with Gasteiger partial charge in [0.25, 0.3) is 5.91 Å². The molecule has 0 aliphatic heterocycles. The van der Waals surface area contributed by atoms with Crippen molar-refractivity contribution in [1.29, 1.82) is 0 Å². The number of hydrogen-bond donors (Lipinski definition) is 1. The van der Waals surface area contributed by atoms with E-state index >= 15 is 0 Å². The Labute approximate surface area is 122 Å². The molecule has 0 unspecified atom stereocenters. The van der Waals surface area contributed by atoms with Crippen LogP contribution in [0, 0.1) is 24.7 Å². The number of nitrogens with zero attached hydrogens (tertiary/aromatic N) is 2. The molecule has 4 nitrogen and oxygen atoms in total. The fraction of sp³-hybridized carbons (Fsp3) is 0.733. The van der Waals surface area contributed by atoms with E-state index in [-0.39, 0.29) is 17.6 Å². The van der Waals surface area contributed by atoms with Gasteiger partial charge in [0.05, 0.1) is 0 Å². The summed E-state index contributed by atoms with van der Waals surface area (Å²) in [5.74, 6) is 1.70. The quantitative estimate of drug-likeness (QED) is 0.928. The predicted octanol–water partition coefficient (Wildman–Crippen LogP) is 3.14. The number of nitrogens with one attached hydrogen (secondary N) is 1. The van der Waals surface area contributed by atoms with Gasteiger partial charge in [0, 0.05) is 11.7 Å². The number of amides is 1. The molecule has 2 fully saturated rings. The van der Waals surface area contributed by atoms with Gasteiger partial charge >= 0.3 is 6.55 Å². The van der Waals surface area contributed by atoms with E-state index < -0.39 is 6.55 Å². The highest BCUT2D eigenvalue weighted by Crippen LogP contribution is 2.49. The van der Waals surface area contributed by atoms with Crippen LogP contribution in [0.1, 0.15) is 55.3 Å². The molecule has 3 rings (SSSR count). The molecule has 21 heavy (non-hydrogen) atoms. The molecule has 0 aromatic carbocycles. The summed E-state index contributed by atoms with van der Waals surface area (Å²) in [6.45, 7) is 0.824. The molecule has 1 amide bonds. The highest BCUT2D eigenvalue weighted by atomic mass is 19.3. The Hall–Kier alpha value is -1.46. The molecule has 1 N–H and O–H groups in total. The zero-order valence-corrected chi connectivity index (χ0v) is 12.4. The molecule has 4 atom stereocenters. The minimum absolute atomic E-state index is 0.0720. The summed E-state index contributed by atoms with van der Waals surface area (Å²) in [5, 5.41) is 6.63. The lowest BCUT2D eigenvalue weighted by atomic mass is 9.84. The van der Waals surface area contributed by atoms with Gasteiger partial charge in [0.15, 0.2) is 5.69 Å². The molecular weight excluding hydrogens is 276 g/mol. The van der Waals surface area contributed by atoms with Crippen molar-refractivity contribution < 1.29 is 13.6 Å². The van der Waals surface area contributed by atoms with Crippen molar-refractivity contribution in [3.63, 3.8) is 0 Å². The minimum Gasteiger partial charge on any atom is -0.348 e. The van der Waals surface area contributed by atoms with Gasteiger partial charge in [-0.1, -0.05) is 6.42 Å². The number of aromatic nitrogens is 2. The van der Waals surface area contributed by atoms with Crippen molar-refractivity contribution >= 4 is 5.91 Å². The number of fused-ring (bicyclic) bond motifs is 2. The molecule has 2 bridgehead atoms. The maximum absolute atomic E-state index is 12.7. The van der Waals surface area contributed by atoms with Gasteiger partial charge in [-0.15, -0.1) is 0 Å². The minimum atomic E-state index is -2.71. The lowest BCUT2D eigenvalue weighted by Crippen LogP contribution is -2.40. The van der Waals surface area contributed by atoms with E-state index in [2.05, 4.69) is 10.4 Å². The van der Waals surface area contributed by atoms with Crippen LogP contribution in [-0.4, -0.2) is 21.7 Å². The van der Waals surface area contributed by atoms with Crippen LogP contribution in [-0.2, 0) is 0 Å². The maximum Gasteiger partial charge on any atom is 0.333 e. The molecule has 2 aliphatic carbocycles. The smallest absolute Gasteiger partial charge is 0.333 e. The molecule has 2 saturated carbocycles. The standard InChI is InChI=1S/C15H21F2N3O/c1-8-5-13(19-20(8)15(16)17)14(21)18-9(2)12-7-10-3-4-11(12)6-10/h5,9-12,15H,3-4,6-7H2,1-2H3,(H,18,21)/t9-,10-,11-,12-/m1/s1. The Morgan fingerprint density at radius 2 is 2.19 bits per heavy atom. The Morgan fingerprint density at radius 1 is 1.43 bits per heavy atom. The van der Waals surface area contributed by atoms with Gasteiger partial charge in [0.2, 0.25) is 0 Å². The summed E-state index contributed by atoms with van der Waals surface area (Å²) < 4.78 is 25.9. The van der Waals surface area contributed by atoms with Gasteiger partial charge in [-0.05, 0) is 56.9 Å². The lowest BCUT2D eigenvalue weighted by Gasteiger charge is -2.28. The van der Waals surface area contributed by atoms with Crippen molar-refractivity contribution in [3.05, 3.63) is 17.5 Å². The number of halogens is 2. The summed E-state index contributed by atoms with van der Waals surface area (Å²) in [7, 11) is 0. The molecule has 1 aromatic rings. The predicted molar refractivity (Wildman–Crippen MR) is 74.1 cm³/mol. The zero-order valence-electron chi connectivity index (χ0n) is 12.4. The zero-order chi connectivity index (χ0) is 15.1. The van der Waals surface area contributed by atoms with Crippen LogP contribution in [0.3, 0.4) is 0 Å². The third-order valence-corrected chi connectivity index (χ3v) is 5.13. The monoisotopic (exact) mass is 297 g/mol. The van der Waals surface area contributed by atoms with Crippen LogP contribution in [0.25, 0.3) is 0 Å². The van der Waals surface area contributed by atoms with E-state index in [1.54, 1.807) is 0 Å². The van der Waals surface area contributed by atoms with Crippen LogP contribution in [0.2, 0.25) is 0 Å². The van der Waals surface area contributed by atoms with Gasteiger partial charge in [-0.2, -0.15) is 13.9 Å². The number of rotatable bonds is 4. The van der Waals surface area contributed by atoms with Gasteiger partial charge in [0.1, 0.15) is 0 Å². The Bertz CT molecular complexity index is 543. The first-order valence-corrected chi connectivity index (χ1v) is 7.61. The van der Waals surface area contributed by atoms with E-state index in [9.17, 15) is 13.6 Å². The third-order valence-electron chi connectivity index (χ3n) is 5.13. The second kappa shape index (κ2) is 5.39. The van der Waals surface area contributed by atoms with Crippen LogP contribution >= 0.6 is 0 Å². The maximum atomic E-state index is 12.7. The second-order valence-electron chi connectivity index (χ2n) is 6.49. The molecule has 0 saturated heterocycles. The average molecular weight is 297 g/mol. The van der Waals surface area contributed by atoms with Crippen molar-refractivity contribution in [1.82, 2.24) is 15.1 Å². The fourth-order valence-corrected chi connectivity index (χ4v) is 4.09. The molecule has 6 heteroatoms. The Morgan fingerprint density at radius 3 is 2.71 bits per heavy atom. The van der Waals surface area contributed by atoms with Crippen molar-refractivity contribution in [2.45, 2.75) is 52.1 Å². The lowest BCUT2D eigenvalue weighted by molar-refractivity contribution is 0.0538. The van der Waals surface area contributed by atoms with Crippen LogP contribution in [0.5, 0.6) is 0 Å². The molecule has 116 valence electrons. The number of carbonyl (C=O) groups excluding carboxylic acids is 1. The highest BCUT2D eigenvalue weighted by Gasteiger charge is 2.42. The van der Waals surface area contributed by atoms with E-state index in [4.69, 9.17) is 0 Å². The van der Waals surface area contributed by atoms with Crippen LogP contribution in [0.4, 0.5) is 8.78 Å². The number of aryl methyl sites for hydroxylation is 1. The Kier molecular flexibility index (Phi) is 3.71.